The molecule has 5 nitrogen and oxygen atoms in total. The van der Waals surface area contributed by atoms with E-state index in [4.69, 9.17) is 32.7 Å². The van der Waals surface area contributed by atoms with Gasteiger partial charge in [0.15, 0.2) is 0 Å². The molecule has 3 atom stereocenters. The van der Waals surface area contributed by atoms with Crippen molar-refractivity contribution in [2.24, 2.45) is 0 Å². The van der Waals surface area contributed by atoms with E-state index < -0.39 is 12.1 Å². The summed E-state index contributed by atoms with van der Waals surface area (Å²) in [6.07, 6.45) is 6.31. The number of hydrogen-bond acceptors (Lipinski definition) is 5. The Balaban J connectivity index is 1.56. The highest BCUT2D eigenvalue weighted by Crippen LogP contribution is 2.27. The normalized spacial score (nSPS) is 18.0. The van der Waals surface area contributed by atoms with Crippen molar-refractivity contribution in [1.29, 1.82) is 0 Å². The molecule has 36 heavy (non-hydrogen) atoms. The number of aryl methyl sites for hydroxylation is 1. The van der Waals surface area contributed by atoms with Crippen LogP contribution in [0.25, 0.3) is 6.08 Å². The van der Waals surface area contributed by atoms with Gasteiger partial charge in [0.25, 0.3) is 0 Å². The zero-order chi connectivity index (χ0) is 26.1. The summed E-state index contributed by atoms with van der Waals surface area (Å²) < 4.78 is 11.0. The molecule has 196 valence electrons. The Bertz CT molecular complexity index is 1040. The maximum atomic E-state index is 11.7. The first-order valence-corrected chi connectivity index (χ1v) is 13.5. The predicted molar refractivity (Wildman–Crippen MR) is 147 cm³/mol. The SMILES string of the molecule is CCOC(=O)C=Cc1cc(Cl)ccc1[C@@H](C)OC[C@H](O)CN1CCC[C@H]1Cc1ccc(Cl)c(CC)c1. The second-order valence-electron chi connectivity index (χ2n) is 9.26. The van der Waals surface area contributed by atoms with Gasteiger partial charge < -0.3 is 14.6 Å². The number of halogens is 2. The Morgan fingerprint density at radius 3 is 2.78 bits per heavy atom. The van der Waals surface area contributed by atoms with Crippen molar-refractivity contribution in [3.8, 4) is 0 Å². The summed E-state index contributed by atoms with van der Waals surface area (Å²) in [6, 6.07) is 12.2. The Hall–Kier alpha value is -1.89. The molecular weight excluding hydrogens is 497 g/mol. The summed E-state index contributed by atoms with van der Waals surface area (Å²) in [4.78, 5) is 14.1. The lowest BCUT2D eigenvalue weighted by molar-refractivity contribution is -0.137. The van der Waals surface area contributed by atoms with Crippen molar-refractivity contribution in [3.63, 3.8) is 0 Å². The highest BCUT2D eigenvalue weighted by atomic mass is 35.5. The number of ether oxygens (including phenoxy) is 2. The number of aliphatic hydroxyl groups is 1. The van der Waals surface area contributed by atoms with Gasteiger partial charge in [-0.3, -0.25) is 4.90 Å². The van der Waals surface area contributed by atoms with Crippen LogP contribution in [0.5, 0.6) is 0 Å². The maximum Gasteiger partial charge on any atom is 0.330 e. The summed E-state index contributed by atoms with van der Waals surface area (Å²) in [5, 5.41) is 12.2. The van der Waals surface area contributed by atoms with E-state index >= 15 is 0 Å². The molecular formula is C29H37Cl2NO4. The molecule has 0 radical (unpaired) electrons. The third kappa shape index (κ3) is 8.32. The van der Waals surface area contributed by atoms with Crippen LogP contribution in [0, 0.1) is 0 Å². The largest absolute Gasteiger partial charge is 0.463 e. The van der Waals surface area contributed by atoms with Crippen molar-refractivity contribution < 1.29 is 19.4 Å². The minimum atomic E-state index is -0.602. The maximum absolute atomic E-state index is 11.7. The van der Waals surface area contributed by atoms with Gasteiger partial charge in [0.05, 0.1) is 25.4 Å². The molecule has 0 spiro atoms. The first-order chi connectivity index (χ1) is 17.3. The minimum absolute atomic E-state index is 0.217. The van der Waals surface area contributed by atoms with E-state index in [0.29, 0.717) is 24.2 Å². The van der Waals surface area contributed by atoms with Crippen LogP contribution in [0.4, 0.5) is 0 Å². The zero-order valence-corrected chi connectivity index (χ0v) is 22.9. The van der Waals surface area contributed by atoms with Crippen molar-refractivity contribution in [2.75, 3.05) is 26.3 Å². The van der Waals surface area contributed by atoms with Gasteiger partial charge in [-0.25, -0.2) is 4.79 Å². The van der Waals surface area contributed by atoms with Gasteiger partial charge in [-0.2, -0.15) is 0 Å². The average Bonchev–Trinajstić information content (AvgIpc) is 3.28. The summed E-state index contributed by atoms with van der Waals surface area (Å²) in [5.74, 6) is -0.405. The highest BCUT2D eigenvalue weighted by molar-refractivity contribution is 6.31. The standard InChI is InChI=1S/C29H37Cl2NO4/c1-4-22-15-21(8-12-28(22)31)16-25-7-6-14-32(25)18-26(33)19-36-20(3)27-11-10-24(30)17-23(27)9-13-29(34)35-5-2/h8-13,15,17,20,25-26,33H,4-7,14,16,18-19H2,1-3H3/t20-,25+,26-/m1/s1. The smallest absolute Gasteiger partial charge is 0.330 e. The second kappa shape index (κ2) is 14.2. The summed E-state index contributed by atoms with van der Waals surface area (Å²) in [5.41, 5.74) is 4.14. The molecule has 1 aliphatic rings. The Kier molecular flexibility index (Phi) is 11.3. The second-order valence-corrected chi connectivity index (χ2v) is 10.1. The molecule has 2 aromatic carbocycles. The molecule has 1 aliphatic heterocycles. The summed E-state index contributed by atoms with van der Waals surface area (Å²) >= 11 is 12.5. The molecule has 1 heterocycles. The van der Waals surface area contributed by atoms with Gasteiger partial charge in [0.1, 0.15) is 0 Å². The highest BCUT2D eigenvalue weighted by Gasteiger charge is 2.27. The molecule has 1 N–H and O–H groups in total. The van der Waals surface area contributed by atoms with Gasteiger partial charge in [-0.05, 0) is 92.6 Å². The molecule has 0 aromatic heterocycles. The third-order valence-electron chi connectivity index (χ3n) is 6.62. The minimum Gasteiger partial charge on any atom is -0.463 e. The average molecular weight is 535 g/mol. The van der Waals surface area contributed by atoms with E-state index in [1.54, 1.807) is 25.1 Å². The number of esters is 1. The predicted octanol–water partition coefficient (Wildman–Crippen LogP) is 6.28. The van der Waals surface area contributed by atoms with Crippen LogP contribution in [-0.4, -0.2) is 54.4 Å². The number of carbonyl (C=O) groups is 1. The van der Waals surface area contributed by atoms with Crippen LogP contribution < -0.4 is 0 Å². The molecule has 1 fully saturated rings. The molecule has 0 saturated carbocycles. The lowest BCUT2D eigenvalue weighted by Gasteiger charge is -2.28. The number of nitrogens with zero attached hydrogens (tertiary/aromatic N) is 1. The molecule has 0 aliphatic carbocycles. The fourth-order valence-corrected chi connectivity index (χ4v) is 5.17. The molecule has 1 saturated heterocycles. The third-order valence-corrected chi connectivity index (χ3v) is 7.22. The molecule has 3 rings (SSSR count). The number of carbonyl (C=O) groups excluding carboxylic acids is 1. The molecule has 0 amide bonds. The lowest BCUT2D eigenvalue weighted by atomic mass is 10.0. The fraction of sp³-hybridized carbons (Fsp3) is 0.483. The number of likely N-dealkylation sites (tertiary alicyclic amines) is 1. The van der Waals surface area contributed by atoms with Crippen molar-refractivity contribution in [1.82, 2.24) is 4.90 Å². The Morgan fingerprint density at radius 2 is 2.03 bits per heavy atom. The van der Waals surface area contributed by atoms with E-state index in [1.165, 1.54) is 17.2 Å². The number of benzene rings is 2. The van der Waals surface area contributed by atoms with Crippen LogP contribution in [0.15, 0.2) is 42.5 Å². The van der Waals surface area contributed by atoms with Crippen LogP contribution in [0.2, 0.25) is 10.0 Å². The monoisotopic (exact) mass is 533 g/mol. The van der Waals surface area contributed by atoms with E-state index in [-0.39, 0.29) is 12.7 Å². The van der Waals surface area contributed by atoms with E-state index in [1.807, 2.05) is 19.1 Å². The summed E-state index contributed by atoms with van der Waals surface area (Å²) in [6.45, 7) is 7.90. The van der Waals surface area contributed by atoms with E-state index in [0.717, 1.165) is 48.4 Å². The van der Waals surface area contributed by atoms with Gasteiger partial charge in [0.2, 0.25) is 0 Å². The summed E-state index contributed by atoms with van der Waals surface area (Å²) in [7, 11) is 0. The van der Waals surface area contributed by atoms with Gasteiger partial charge >= 0.3 is 5.97 Å². The van der Waals surface area contributed by atoms with E-state index in [9.17, 15) is 9.90 Å². The number of rotatable bonds is 12. The first kappa shape index (κ1) is 28.7. The zero-order valence-electron chi connectivity index (χ0n) is 21.4. The van der Waals surface area contributed by atoms with E-state index in [2.05, 4.69) is 24.0 Å². The van der Waals surface area contributed by atoms with Crippen LogP contribution in [0.1, 0.15) is 62.0 Å². The fourth-order valence-electron chi connectivity index (χ4n) is 4.74. The number of aliphatic hydroxyl groups excluding tert-OH is 1. The topological polar surface area (TPSA) is 59.0 Å². The van der Waals surface area contributed by atoms with Crippen molar-refractivity contribution >= 4 is 35.2 Å². The number of β-amino-alcohol motifs (C(OH)–C–C–N with tert-alkyl or cyclic N) is 1. The van der Waals surface area contributed by atoms with Gasteiger partial charge in [-0.1, -0.05) is 48.3 Å². The molecule has 0 unspecified atom stereocenters. The van der Waals surface area contributed by atoms with Crippen molar-refractivity contribution in [3.05, 3.63) is 74.8 Å². The van der Waals surface area contributed by atoms with Gasteiger partial charge in [0, 0.05) is 28.7 Å². The van der Waals surface area contributed by atoms with Crippen LogP contribution in [0.3, 0.4) is 0 Å². The molecule has 0 bridgehead atoms. The molecule has 7 heteroatoms. The Morgan fingerprint density at radius 1 is 1.22 bits per heavy atom. The van der Waals surface area contributed by atoms with Crippen LogP contribution >= 0.6 is 23.2 Å². The Labute approximate surface area is 225 Å². The first-order valence-electron chi connectivity index (χ1n) is 12.8. The van der Waals surface area contributed by atoms with Crippen molar-refractivity contribution in [2.45, 2.75) is 64.7 Å². The quantitative estimate of drug-likeness (QED) is 0.257. The number of hydrogen-bond donors (Lipinski definition) is 1. The lowest BCUT2D eigenvalue weighted by Crippen LogP contribution is -2.39. The van der Waals surface area contributed by atoms with Crippen LogP contribution in [-0.2, 0) is 27.1 Å². The van der Waals surface area contributed by atoms with Gasteiger partial charge in [-0.15, -0.1) is 0 Å². The molecule has 2 aromatic rings.